The first-order chi connectivity index (χ1) is 9.25. The normalized spacial score (nSPS) is 10.5. The molecule has 0 bridgehead atoms. The lowest BCUT2D eigenvalue weighted by atomic mass is 10.3. The maximum absolute atomic E-state index is 12.1. The fourth-order valence-electron chi connectivity index (χ4n) is 1.86. The van der Waals surface area contributed by atoms with Crippen LogP contribution in [0.15, 0.2) is 53.7 Å². The number of fused-ring (bicyclic) bond motifs is 1. The van der Waals surface area contributed by atoms with Gasteiger partial charge in [-0.1, -0.05) is 6.07 Å². The average molecular weight is 254 g/mol. The molecule has 6 nitrogen and oxygen atoms in total. The molecule has 0 spiro atoms. The topological polar surface area (TPSA) is 79.3 Å². The van der Waals surface area contributed by atoms with Gasteiger partial charge in [0.1, 0.15) is 11.3 Å². The summed E-state index contributed by atoms with van der Waals surface area (Å²) in [7, 11) is 0. The van der Waals surface area contributed by atoms with Gasteiger partial charge in [0.15, 0.2) is 0 Å². The van der Waals surface area contributed by atoms with E-state index in [0.29, 0.717) is 11.3 Å². The van der Waals surface area contributed by atoms with Crippen LogP contribution in [0.1, 0.15) is 10.5 Å². The van der Waals surface area contributed by atoms with Crippen molar-refractivity contribution in [1.29, 1.82) is 0 Å². The van der Waals surface area contributed by atoms with Crippen LogP contribution in [0.2, 0.25) is 0 Å². The quantitative estimate of drug-likeness (QED) is 0.722. The standard InChI is InChI=1S/C13H10N4O2/c18-12-5-1-4-11-15-8-10(17(11)12)13(19)16-9-3-2-6-14-7-9/h1-8,15H,(H,16,19). The number of nitrogens with zero attached hydrogens (tertiary/aromatic N) is 2. The number of carbonyl (C=O) groups is 1. The summed E-state index contributed by atoms with van der Waals surface area (Å²) in [6, 6.07) is 8.21. The average Bonchev–Trinajstić information content (AvgIpc) is 2.85. The minimum absolute atomic E-state index is 0.254. The molecule has 0 aliphatic heterocycles. The summed E-state index contributed by atoms with van der Waals surface area (Å²) in [6.07, 6.45) is 4.66. The van der Waals surface area contributed by atoms with E-state index in [4.69, 9.17) is 0 Å². The molecule has 0 fully saturated rings. The second kappa shape index (κ2) is 4.41. The van der Waals surface area contributed by atoms with Gasteiger partial charge in [-0.15, -0.1) is 0 Å². The molecule has 0 unspecified atom stereocenters. The fraction of sp³-hybridized carbons (Fsp3) is 0. The Morgan fingerprint density at radius 2 is 2.16 bits per heavy atom. The molecule has 0 atom stereocenters. The van der Waals surface area contributed by atoms with Gasteiger partial charge in [0.2, 0.25) is 0 Å². The summed E-state index contributed by atoms with van der Waals surface area (Å²) in [6.45, 7) is 0. The Morgan fingerprint density at radius 1 is 1.26 bits per heavy atom. The van der Waals surface area contributed by atoms with Crippen LogP contribution in [0.25, 0.3) is 5.65 Å². The summed E-state index contributed by atoms with van der Waals surface area (Å²) in [5, 5.41) is 2.68. The highest BCUT2D eigenvalue weighted by molar-refractivity contribution is 6.03. The van der Waals surface area contributed by atoms with Gasteiger partial charge in [0.05, 0.1) is 11.9 Å². The van der Waals surface area contributed by atoms with E-state index in [9.17, 15) is 9.59 Å². The number of aromatic amines is 1. The van der Waals surface area contributed by atoms with Crippen LogP contribution >= 0.6 is 0 Å². The second-order valence-electron chi connectivity index (χ2n) is 3.95. The summed E-state index contributed by atoms with van der Waals surface area (Å²) in [5.74, 6) is -0.368. The predicted molar refractivity (Wildman–Crippen MR) is 70.2 cm³/mol. The summed E-state index contributed by atoms with van der Waals surface area (Å²) in [5.41, 5.74) is 1.15. The molecule has 19 heavy (non-hydrogen) atoms. The molecule has 0 saturated heterocycles. The number of pyridine rings is 2. The van der Waals surface area contributed by atoms with E-state index in [1.807, 2.05) is 0 Å². The Labute approximate surface area is 107 Å². The molecular formula is C13H10N4O2. The third-order valence-corrected chi connectivity index (χ3v) is 2.70. The first-order valence-electron chi connectivity index (χ1n) is 5.66. The number of nitrogens with one attached hydrogen (secondary N) is 2. The Hall–Kier alpha value is -2.89. The van der Waals surface area contributed by atoms with Crippen LogP contribution in [0.3, 0.4) is 0 Å². The van der Waals surface area contributed by atoms with E-state index in [-0.39, 0.29) is 17.2 Å². The summed E-state index contributed by atoms with van der Waals surface area (Å²) >= 11 is 0. The van der Waals surface area contributed by atoms with E-state index >= 15 is 0 Å². The van der Waals surface area contributed by atoms with Crippen LogP contribution in [-0.4, -0.2) is 20.3 Å². The minimum Gasteiger partial charge on any atom is -0.345 e. The maximum Gasteiger partial charge on any atom is 0.274 e. The molecule has 3 rings (SSSR count). The molecule has 6 heteroatoms. The van der Waals surface area contributed by atoms with Gasteiger partial charge in [-0.05, 0) is 18.2 Å². The largest absolute Gasteiger partial charge is 0.345 e. The lowest BCUT2D eigenvalue weighted by molar-refractivity contribution is 0.102. The molecule has 0 radical (unpaired) electrons. The van der Waals surface area contributed by atoms with Crippen LogP contribution < -0.4 is 10.9 Å². The Bertz CT molecular complexity index is 789. The first-order valence-corrected chi connectivity index (χ1v) is 5.66. The number of rotatable bonds is 2. The van der Waals surface area contributed by atoms with E-state index in [2.05, 4.69) is 15.3 Å². The number of hydrogen-bond donors (Lipinski definition) is 2. The van der Waals surface area contributed by atoms with Gasteiger partial charge in [0.25, 0.3) is 11.5 Å². The first kappa shape index (κ1) is 11.2. The number of H-pyrrole nitrogens is 1. The number of carbonyl (C=O) groups excluding carboxylic acids is 1. The van der Waals surface area contributed by atoms with Gasteiger partial charge >= 0.3 is 0 Å². The number of aromatic nitrogens is 3. The lowest BCUT2D eigenvalue weighted by Gasteiger charge is -2.03. The molecule has 2 N–H and O–H groups in total. The number of hydrogen-bond acceptors (Lipinski definition) is 3. The van der Waals surface area contributed by atoms with Crippen LogP contribution in [0.4, 0.5) is 5.69 Å². The fourth-order valence-corrected chi connectivity index (χ4v) is 1.86. The molecule has 0 aromatic carbocycles. The number of amides is 1. The van der Waals surface area contributed by atoms with Crippen molar-refractivity contribution >= 4 is 17.2 Å². The zero-order valence-corrected chi connectivity index (χ0v) is 9.83. The van der Waals surface area contributed by atoms with Gasteiger partial charge in [-0.2, -0.15) is 0 Å². The summed E-state index contributed by atoms with van der Waals surface area (Å²) < 4.78 is 1.33. The molecule has 0 aliphatic carbocycles. The van der Waals surface area contributed by atoms with Crippen molar-refractivity contribution in [2.24, 2.45) is 0 Å². The molecule has 1 amide bonds. The molecule has 0 saturated carbocycles. The van der Waals surface area contributed by atoms with Crippen LogP contribution in [0, 0.1) is 0 Å². The van der Waals surface area contributed by atoms with Crippen molar-refractivity contribution in [2.75, 3.05) is 5.32 Å². The molecule has 0 aliphatic rings. The highest BCUT2D eigenvalue weighted by Gasteiger charge is 2.12. The minimum atomic E-state index is -0.368. The van der Waals surface area contributed by atoms with E-state index in [0.717, 1.165) is 0 Å². The highest BCUT2D eigenvalue weighted by atomic mass is 16.2. The zero-order chi connectivity index (χ0) is 13.2. The van der Waals surface area contributed by atoms with Gasteiger partial charge in [0, 0.05) is 18.5 Å². The van der Waals surface area contributed by atoms with Gasteiger partial charge in [-0.25, -0.2) is 0 Å². The second-order valence-corrected chi connectivity index (χ2v) is 3.95. The van der Waals surface area contributed by atoms with Crippen molar-refractivity contribution < 1.29 is 4.79 Å². The Balaban J connectivity index is 2.01. The van der Waals surface area contributed by atoms with E-state index in [1.165, 1.54) is 22.9 Å². The maximum atomic E-state index is 12.1. The molecule has 3 aromatic heterocycles. The van der Waals surface area contributed by atoms with Crippen LogP contribution in [0.5, 0.6) is 0 Å². The van der Waals surface area contributed by atoms with E-state index < -0.39 is 0 Å². The van der Waals surface area contributed by atoms with Crippen molar-refractivity contribution in [1.82, 2.24) is 14.4 Å². The number of anilines is 1. The smallest absolute Gasteiger partial charge is 0.274 e. The zero-order valence-electron chi connectivity index (χ0n) is 9.83. The van der Waals surface area contributed by atoms with Crippen molar-refractivity contribution in [3.63, 3.8) is 0 Å². The molecule has 3 aromatic rings. The van der Waals surface area contributed by atoms with E-state index in [1.54, 1.807) is 30.5 Å². The number of imidazole rings is 1. The Kier molecular flexibility index (Phi) is 2.60. The van der Waals surface area contributed by atoms with Crippen molar-refractivity contribution in [2.45, 2.75) is 0 Å². The third-order valence-electron chi connectivity index (χ3n) is 2.70. The van der Waals surface area contributed by atoms with Crippen molar-refractivity contribution in [3.05, 3.63) is 65.0 Å². The highest BCUT2D eigenvalue weighted by Crippen LogP contribution is 2.08. The predicted octanol–water partition coefficient (Wildman–Crippen LogP) is 1.27. The Morgan fingerprint density at radius 3 is 2.95 bits per heavy atom. The van der Waals surface area contributed by atoms with Crippen LogP contribution in [-0.2, 0) is 0 Å². The molecular weight excluding hydrogens is 244 g/mol. The molecule has 3 heterocycles. The SMILES string of the molecule is O=C(Nc1cccnc1)c1c[nH]c2cccc(=O)n12. The third kappa shape index (κ3) is 1.99. The summed E-state index contributed by atoms with van der Waals surface area (Å²) in [4.78, 5) is 30.7. The monoisotopic (exact) mass is 254 g/mol. The van der Waals surface area contributed by atoms with Gasteiger partial charge in [-0.3, -0.25) is 19.0 Å². The van der Waals surface area contributed by atoms with Gasteiger partial charge < -0.3 is 10.3 Å². The lowest BCUT2D eigenvalue weighted by Crippen LogP contribution is -2.20. The van der Waals surface area contributed by atoms with Crippen molar-refractivity contribution in [3.8, 4) is 0 Å². The molecule has 94 valence electrons.